The maximum Gasteiger partial charge on any atom is 0.223 e. The lowest BCUT2D eigenvalue weighted by atomic mass is 10.2. The summed E-state index contributed by atoms with van der Waals surface area (Å²) >= 11 is 0. The van der Waals surface area contributed by atoms with Crippen LogP contribution in [0.3, 0.4) is 0 Å². The Bertz CT molecular complexity index is 444. The molecule has 108 valence electrons. The maximum atomic E-state index is 11.9. The number of carbonyl (C=O) groups is 2. The van der Waals surface area contributed by atoms with Crippen molar-refractivity contribution in [3.63, 3.8) is 0 Å². The smallest absolute Gasteiger partial charge is 0.223 e. The molecule has 0 radical (unpaired) electrons. The van der Waals surface area contributed by atoms with Crippen molar-refractivity contribution in [2.75, 3.05) is 26.3 Å². The van der Waals surface area contributed by atoms with E-state index in [2.05, 4.69) is 10.3 Å². The van der Waals surface area contributed by atoms with Gasteiger partial charge in [-0.25, -0.2) is 0 Å². The Hall–Kier alpha value is -1.95. The Morgan fingerprint density at radius 1 is 1.25 bits per heavy atom. The van der Waals surface area contributed by atoms with Crippen molar-refractivity contribution in [3.05, 3.63) is 30.1 Å². The number of amides is 2. The zero-order valence-electron chi connectivity index (χ0n) is 11.4. The van der Waals surface area contributed by atoms with Crippen molar-refractivity contribution in [3.8, 4) is 0 Å². The summed E-state index contributed by atoms with van der Waals surface area (Å²) in [6.45, 7) is 2.80. The lowest BCUT2D eigenvalue weighted by Gasteiger charge is -2.26. The molecular formula is C14H19N3O3. The molecule has 2 heterocycles. The Morgan fingerprint density at radius 2 is 2.05 bits per heavy atom. The van der Waals surface area contributed by atoms with Crippen LogP contribution >= 0.6 is 0 Å². The minimum atomic E-state index is -0.128. The average molecular weight is 277 g/mol. The zero-order chi connectivity index (χ0) is 14.2. The first kappa shape index (κ1) is 14.5. The number of hydrogen-bond donors (Lipinski definition) is 1. The summed E-state index contributed by atoms with van der Waals surface area (Å²) in [5, 5.41) is 2.76. The van der Waals surface area contributed by atoms with E-state index in [1.54, 1.807) is 11.1 Å². The summed E-state index contributed by atoms with van der Waals surface area (Å²) in [6, 6.07) is 5.54. The van der Waals surface area contributed by atoms with Gasteiger partial charge in [-0.05, 0) is 12.1 Å². The van der Waals surface area contributed by atoms with E-state index in [4.69, 9.17) is 4.74 Å². The van der Waals surface area contributed by atoms with E-state index in [1.807, 2.05) is 18.2 Å². The third kappa shape index (κ3) is 4.62. The molecule has 0 bridgehead atoms. The van der Waals surface area contributed by atoms with Crippen LogP contribution in [0, 0.1) is 0 Å². The van der Waals surface area contributed by atoms with E-state index < -0.39 is 0 Å². The molecular weight excluding hydrogens is 258 g/mol. The highest BCUT2D eigenvalue weighted by molar-refractivity contribution is 5.83. The Kier molecular flexibility index (Phi) is 5.49. The number of aromatic nitrogens is 1. The second kappa shape index (κ2) is 7.59. The molecule has 2 amide bonds. The number of nitrogens with zero attached hydrogens (tertiary/aromatic N) is 2. The monoisotopic (exact) mass is 277 g/mol. The van der Waals surface area contributed by atoms with Gasteiger partial charge in [-0.1, -0.05) is 6.07 Å². The molecule has 1 fully saturated rings. The molecule has 0 aliphatic carbocycles. The van der Waals surface area contributed by atoms with E-state index in [9.17, 15) is 9.59 Å². The van der Waals surface area contributed by atoms with Crippen LogP contribution in [-0.2, 0) is 20.9 Å². The normalized spacial score (nSPS) is 14.9. The topological polar surface area (TPSA) is 71.5 Å². The molecule has 1 saturated heterocycles. The molecule has 6 heteroatoms. The molecule has 2 rings (SSSR count). The summed E-state index contributed by atoms with van der Waals surface area (Å²) in [4.78, 5) is 29.4. The van der Waals surface area contributed by atoms with Crippen molar-refractivity contribution >= 4 is 11.8 Å². The van der Waals surface area contributed by atoms with Crippen molar-refractivity contribution in [1.29, 1.82) is 0 Å². The van der Waals surface area contributed by atoms with Gasteiger partial charge in [-0.15, -0.1) is 0 Å². The molecule has 1 aromatic heterocycles. The maximum absolute atomic E-state index is 11.9. The highest BCUT2D eigenvalue weighted by Crippen LogP contribution is 2.02. The number of nitrogens with one attached hydrogen (secondary N) is 1. The van der Waals surface area contributed by atoms with E-state index in [1.165, 1.54) is 0 Å². The van der Waals surface area contributed by atoms with Crippen LogP contribution in [-0.4, -0.2) is 48.0 Å². The largest absolute Gasteiger partial charge is 0.378 e. The fraction of sp³-hybridized carbons (Fsp3) is 0.500. The van der Waals surface area contributed by atoms with Crippen LogP contribution in [0.15, 0.2) is 24.4 Å². The number of carbonyl (C=O) groups excluding carboxylic acids is 2. The number of hydrogen-bond acceptors (Lipinski definition) is 4. The lowest BCUT2D eigenvalue weighted by Crippen LogP contribution is -2.41. The molecule has 0 spiro atoms. The quantitative estimate of drug-likeness (QED) is 0.842. The molecule has 1 aromatic rings. The molecule has 20 heavy (non-hydrogen) atoms. The van der Waals surface area contributed by atoms with Gasteiger partial charge in [0, 0.05) is 32.1 Å². The summed E-state index contributed by atoms with van der Waals surface area (Å²) in [5.41, 5.74) is 0.806. The van der Waals surface area contributed by atoms with Gasteiger partial charge in [0.25, 0.3) is 0 Å². The summed E-state index contributed by atoms with van der Waals surface area (Å²) in [7, 11) is 0. The van der Waals surface area contributed by atoms with Crippen molar-refractivity contribution in [2.24, 2.45) is 0 Å². The second-order valence-corrected chi connectivity index (χ2v) is 4.59. The number of ether oxygens (including phenoxy) is 1. The zero-order valence-corrected chi connectivity index (χ0v) is 11.4. The first-order valence-electron chi connectivity index (χ1n) is 6.78. The average Bonchev–Trinajstić information content (AvgIpc) is 2.52. The van der Waals surface area contributed by atoms with Gasteiger partial charge < -0.3 is 15.0 Å². The number of rotatable bonds is 5. The fourth-order valence-electron chi connectivity index (χ4n) is 1.97. The van der Waals surface area contributed by atoms with E-state index in [0.29, 0.717) is 32.8 Å². The Morgan fingerprint density at radius 3 is 2.75 bits per heavy atom. The summed E-state index contributed by atoms with van der Waals surface area (Å²) in [6.07, 6.45) is 2.14. The Labute approximate surface area is 118 Å². The second-order valence-electron chi connectivity index (χ2n) is 4.59. The van der Waals surface area contributed by atoms with E-state index >= 15 is 0 Å². The lowest BCUT2D eigenvalue weighted by molar-refractivity contribution is -0.137. The molecule has 1 aliphatic rings. The molecule has 0 saturated carbocycles. The van der Waals surface area contributed by atoms with Crippen LogP contribution in [0.5, 0.6) is 0 Å². The number of pyridine rings is 1. The van der Waals surface area contributed by atoms with E-state index in [-0.39, 0.29) is 24.7 Å². The van der Waals surface area contributed by atoms with Gasteiger partial charge >= 0.3 is 0 Å². The van der Waals surface area contributed by atoms with Crippen LogP contribution in [0.4, 0.5) is 0 Å². The van der Waals surface area contributed by atoms with Gasteiger partial charge in [0.2, 0.25) is 11.8 Å². The standard InChI is InChI=1S/C14H19N3O3/c18-13(16-11-12-3-1-2-6-15-12)4-5-14(19)17-7-9-20-10-8-17/h1-3,6H,4-5,7-11H2,(H,16,18). The van der Waals surface area contributed by atoms with Crippen molar-refractivity contribution in [2.45, 2.75) is 19.4 Å². The first-order chi connectivity index (χ1) is 9.75. The first-order valence-corrected chi connectivity index (χ1v) is 6.78. The van der Waals surface area contributed by atoms with E-state index in [0.717, 1.165) is 5.69 Å². The van der Waals surface area contributed by atoms with Gasteiger partial charge in [0.15, 0.2) is 0 Å². The van der Waals surface area contributed by atoms with Crippen molar-refractivity contribution < 1.29 is 14.3 Å². The molecule has 0 unspecified atom stereocenters. The predicted octanol–water partition coefficient (Wildman–Crippen LogP) is 0.337. The highest BCUT2D eigenvalue weighted by atomic mass is 16.5. The van der Waals surface area contributed by atoms with Crippen LogP contribution in [0.1, 0.15) is 18.5 Å². The molecule has 0 atom stereocenters. The fourth-order valence-corrected chi connectivity index (χ4v) is 1.97. The minimum Gasteiger partial charge on any atom is -0.378 e. The molecule has 0 aromatic carbocycles. The molecule has 1 aliphatic heterocycles. The SMILES string of the molecule is O=C(CCC(=O)N1CCOCC1)NCc1ccccn1. The third-order valence-corrected chi connectivity index (χ3v) is 3.12. The van der Waals surface area contributed by atoms with Gasteiger partial charge in [-0.2, -0.15) is 0 Å². The predicted molar refractivity (Wildman–Crippen MR) is 72.7 cm³/mol. The molecule has 1 N–H and O–H groups in total. The van der Waals surface area contributed by atoms with Crippen LogP contribution in [0.2, 0.25) is 0 Å². The van der Waals surface area contributed by atoms with Crippen molar-refractivity contribution in [1.82, 2.24) is 15.2 Å². The van der Waals surface area contributed by atoms with Crippen LogP contribution < -0.4 is 5.32 Å². The van der Waals surface area contributed by atoms with Gasteiger partial charge in [0.05, 0.1) is 25.5 Å². The summed E-state index contributed by atoms with van der Waals surface area (Å²) < 4.78 is 5.18. The van der Waals surface area contributed by atoms with Gasteiger partial charge in [0.1, 0.15) is 0 Å². The summed E-state index contributed by atoms with van der Waals surface area (Å²) in [5.74, 6) is -0.112. The number of morpholine rings is 1. The minimum absolute atomic E-state index is 0.0151. The van der Waals surface area contributed by atoms with Gasteiger partial charge in [-0.3, -0.25) is 14.6 Å². The molecule has 6 nitrogen and oxygen atoms in total. The van der Waals surface area contributed by atoms with Crippen LogP contribution in [0.25, 0.3) is 0 Å². The third-order valence-electron chi connectivity index (χ3n) is 3.12. The highest BCUT2D eigenvalue weighted by Gasteiger charge is 2.17. The Balaban J connectivity index is 1.65.